The zero-order chi connectivity index (χ0) is 12.5. The molecule has 0 spiro atoms. The molecule has 1 aliphatic heterocycles. The number of halogens is 2. The molecule has 2 rings (SSSR count). The second-order valence-electron chi connectivity index (χ2n) is 3.95. The number of alkyl halides is 2. The van der Waals surface area contributed by atoms with E-state index in [2.05, 4.69) is 0 Å². The standard InChI is InChI=1S/C12H12Cl2O3/c1-8(10-12(13,14)11(15)17-10)16-7-9-5-3-2-4-6-9/h2-6,8,10H,7H2,1H3/t8-,10-/m0/s1. The van der Waals surface area contributed by atoms with Gasteiger partial charge in [-0.2, -0.15) is 0 Å². The van der Waals surface area contributed by atoms with E-state index in [1.807, 2.05) is 30.3 Å². The number of esters is 1. The smallest absolute Gasteiger partial charge is 0.347 e. The monoisotopic (exact) mass is 274 g/mol. The van der Waals surface area contributed by atoms with E-state index in [0.717, 1.165) is 5.56 Å². The van der Waals surface area contributed by atoms with Crippen LogP contribution in [0.3, 0.4) is 0 Å². The Morgan fingerprint density at radius 3 is 2.59 bits per heavy atom. The molecule has 0 aromatic heterocycles. The van der Waals surface area contributed by atoms with E-state index >= 15 is 0 Å². The summed E-state index contributed by atoms with van der Waals surface area (Å²) in [6.45, 7) is 2.21. The topological polar surface area (TPSA) is 35.5 Å². The van der Waals surface area contributed by atoms with Gasteiger partial charge in [-0.15, -0.1) is 0 Å². The minimum absolute atomic E-state index is 0.345. The van der Waals surface area contributed by atoms with Crippen molar-refractivity contribution in [1.82, 2.24) is 0 Å². The van der Waals surface area contributed by atoms with Gasteiger partial charge in [0.1, 0.15) is 0 Å². The molecule has 92 valence electrons. The predicted octanol–water partition coefficient (Wildman–Crippen LogP) is 2.69. The second kappa shape index (κ2) is 4.84. The number of carbonyl (C=O) groups excluding carboxylic acids is 1. The summed E-state index contributed by atoms with van der Waals surface area (Å²) >= 11 is 11.6. The molecule has 0 aliphatic carbocycles. The highest BCUT2D eigenvalue weighted by Crippen LogP contribution is 2.40. The Kier molecular flexibility index (Phi) is 3.61. The second-order valence-corrected chi connectivity index (χ2v) is 5.34. The van der Waals surface area contributed by atoms with Gasteiger partial charge in [0.2, 0.25) is 0 Å². The van der Waals surface area contributed by atoms with Crippen molar-refractivity contribution < 1.29 is 14.3 Å². The number of ether oxygens (including phenoxy) is 2. The normalized spacial score (nSPS) is 23.7. The Labute approximate surface area is 110 Å². The Morgan fingerprint density at radius 1 is 1.41 bits per heavy atom. The molecule has 0 radical (unpaired) electrons. The molecule has 2 atom stereocenters. The maximum atomic E-state index is 11.0. The SMILES string of the molecule is C[C@H](OCc1ccccc1)[C@@H]1OC(=O)C1(Cl)Cl. The van der Waals surface area contributed by atoms with Crippen LogP contribution in [0.2, 0.25) is 0 Å². The summed E-state index contributed by atoms with van der Waals surface area (Å²) in [6, 6.07) is 9.70. The number of hydrogen-bond acceptors (Lipinski definition) is 3. The van der Waals surface area contributed by atoms with E-state index in [0.29, 0.717) is 6.61 Å². The zero-order valence-electron chi connectivity index (χ0n) is 9.23. The molecule has 0 unspecified atom stereocenters. The van der Waals surface area contributed by atoms with Gasteiger partial charge in [0.25, 0.3) is 4.33 Å². The van der Waals surface area contributed by atoms with Gasteiger partial charge in [-0.1, -0.05) is 53.5 Å². The summed E-state index contributed by atoms with van der Waals surface area (Å²) in [5.74, 6) is -0.610. The number of benzene rings is 1. The molecule has 1 saturated heterocycles. The first kappa shape index (κ1) is 12.7. The maximum absolute atomic E-state index is 11.0. The maximum Gasteiger partial charge on any atom is 0.347 e. The Hall–Kier alpha value is -0.770. The van der Waals surface area contributed by atoms with Gasteiger partial charge in [-0.3, -0.25) is 0 Å². The Bertz CT molecular complexity index is 405. The molecule has 0 amide bonds. The number of rotatable bonds is 4. The fraction of sp³-hybridized carbons (Fsp3) is 0.417. The molecule has 1 aliphatic rings. The average molecular weight is 275 g/mol. The fourth-order valence-corrected chi connectivity index (χ4v) is 2.14. The van der Waals surface area contributed by atoms with Crippen molar-refractivity contribution in [2.75, 3.05) is 0 Å². The third-order valence-electron chi connectivity index (χ3n) is 2.65. The van der Waals surface area contributed by atoms with Crippen molar-refractivity contribution in [2.45, 2.75) is 30.1 Å². The molecule has 0 bridgehead atoms. The fourth-order valence-electron chi connectivity index (χ4n) is 1.61. The molecule has 0 N–H and O–H groups in total. The lowest BCUT2D eigenvalue weighted by atomic mass is 10.1. The third-order valence-corrected chi connectivity index (χ3v) is 3.38. The molecule has 1 aromatic carbocycles. The number of hydrogen-bond donors (Lipinski definition) is 0. The lowest BCUT2D eigenvalue weighted by Gasteiger charge is -2.40. The highest BCUT2D eigenvalue weighted by molar-refractivity contribution is 6.59. The molecule has 1 aromatic rings. The summed E-state index contributed by atoms with van der Waals surface area (Å²) in [4.78, 5) is 11.0. The summed E-state index contributed by atoms with van der Waals surface area (Å²) in [5, 5.41) is 0. The van der Waals surface area contributed by atoms with Crippen LogP contribution < -0.4 is 0 Å². The summed E-state index contributed by atoms with van der Waals surface area (Å²) in [7, 11) is 0. The van der Waals surface area contributed by atoms with Crippen LogP contribution in [-0.2, 0) is 20.9 Å². The quantitative estimate of drug-likeness (QED) is 0.626. The molecule has 3 nitrogen and oxygen atoms in total. The molecule has 5 heteroatoms. The van der Waals surface area contributed by atoms with Gasteiger partial charge in [-0.05, 0) is 12.5 Å². The van der Waals surface area contributed by atoms with Gasteiger partial charge in [0, 0.05) is 0 Å². The van der Waals surface area contributed by atoms with Crippen LogP contribution in [0.4, 0.5) is 0 Å². The van der Waals surface area contributed by atoms with Gasteiger partial charge in [0.05, 0.1) is 12.7 Å². The van der Waals surface area contributed by atoms with Crippen molar-refractivity contribution in [2.24, 2.45) is 0 Å². The molecule has 0 saturated carbocycles. The Balaban J connectivity index is 1.87. The molecule has 17 heavy (non-hydrogen) atoms. The molecule has 1 fully saturated rings. The third kappa shape index (κ3) is 2.57. The first-order chi connectivity index (χ1) is 8.01. The van der Waals surface area contributed by atoms with Crippen LogP contribution in [0.1, 0.15) is 12.5 Å². The molecular weight excluding hydrogens is 263 g/mol. The summed E-state index contributed by atoms with van der Waals surface area (Å²) < 4.78 is 8.97. The van der Waals surface area contributed by atoms with Crippen LogP contribution in [0.25, 0.3) is 0 Å². The van der Waals surface area contributed by atoms with Crippen LogP contribution >= 0.6 is 23.2 Å². The van der Waals surface area contributed by atoms with Crippen molar-refractivity contribution >= 4 is 29.2 Å². The van der Waals surface area contributed by atoms with Gasteiger partial charge >= 0.3 is 5.97 Å². The molecule has 1 heterocycles. The highest BCUT2D eigenvalue weighted by Gasteiger charge is 2.58. The van der Waals surface area contributed by atoms with E-state index in [-0.39, 0.29) is 6.10 Å². The summed E-state index contributed by atoms with van der Waals surface area (Å²) in [5.41, 5.74) is 1.04. The first-order valence-corrected chi connectivity index (χ1v) is 6.02. The number of carbonyl (C=O) groups is 1. The van der Waals surface area contributed by atoms with E-state index in [1.165, 1.54) is 0 Å². The van der Waals surface area contributed by atoms with E-state index < -0.39 is 16.4 Å². The van der Waals surface area contributed by atoms with Crippen molar-refractivity contribution in [3.05, 3.63) is 35.9 Å². The van der Waals surface area contributed by atoms with Crippen molar-refractivity contribution in [3.63, 3.8) is 0 Å². The van der Waals surface area contributed by atoms with Gasteiger partial charge in [-0.25, -0.2) is 4.79 Å². The highest BCUT2D eigenvalue weighted by atomic mass is 35.5. The first-order valence-electron chi connectivity index (χ1n) is 5.26. The van der Waals surface area contributed by atoms with E-state index in [9.17, 15) is 4.79 Å². The van der Waals surface area contributed by atoms with Gasteiger partial charge < -0.3 is 9.47 Å². The van der Waals surface area contributed by atoms with Crippen LogP contribution in [-0.4, -0.2) is 22.5 Å². The summed E-state index contributed by atoms with van der Waals surface area (Å²) in [6.07, 6.45) is -0.954. The predicted molar refractivity (Wildman–Crippen MR) is 65.0 cm³/mol. The van der Waals surface area contributed by atoms with E-state index in [4.69, 9.17) is 32.7 Å². The van der Waals surface area contributed by atoms with Crippen molar-refractivity contribution in [1.29, 1.82) is 0 Å². The van der Waals surface area contributed by atoms with Crippen LogP contribution in [0.5, 0.6) is 0 Å². The Morgan fingerprint density at radius 2 is 2.06 bits per heavy atom. The minimum atomic E-state index is -1.48. The van der Waals surface area contributed by atoms with Crippen molar-refractivity contribution in [3.8, 4) is 0 Å². The van der Waals surface area contributed by atoms with Crippen LogP contribution in [0, 0.1) is 0 Å². The minimum Gasteiger partial charge on any atom is -0.453 e. The lowest BCUT2D eigenvalue weighted by Crippen LogP contribution is -2.60. The molecular formula is C12H12Cl2O3. The van der Waals surface area contributed by atoms with Crippen LogP contribution in [0.15, 0.2) is 30.3 Å². The zero-order valence-corrected chi connectivity index (χ0v) is 10.7. The van der Waals surface area contributed by atoms with Gasteiger partial charge in [0.15, 0.2) is 6.10 Å². The number of cyclic esters (lactones) is 1. The van der Waals surface area contributed by atoms with E-state index in [1.54, 1.807) is 6.92 Å². The average Bonchev–Trinajstić information content (AvgIpc) is 2.34. The largest absolute Gasteiger partial charge is 0.453 e. The lowest BCUT2D eigenvalue weighted by molar-refractivity contribution is -0.187.